The topological polar surface area (TPSA) is 62.8 Å². The minimum absolute atomic E-state index is 0.256. The van der Waals surface area contributed by atoms with Gasteiger partial charge in [0.2, 0.25) is 0 Å². The minimum atomic E-state index is 0.256. The molecule has 1 aromatic rings. The fourth-order valence-electron chi connectivity index (χ4n) is 0.847. The van der Waals surface area contributed by atoms with Gasteiger partial charge in [0.05, 0.1) is 0 Å². The molecule has 0 aromatic heterocycles. The molecule has 0 fully saturated rings. The van der Waals surface area contributed by atoms with Crippen LogP contribution in [-0.4, -0.2) is 19.3 Å². The number of hydrogen-bond acceptors (Lipinski definition) is 2. The van der Waals surface area contributed by atoms with Gasteiger partial charge in [-0.2, -0.15) is 0 Å². The largest absolute Gasteiger partial charge is 0.370 e. The van der Waals surface area contributed by atoms with Crippen molar-refractivity contribution < 1.29 is 0 Å². The highest BCUT2D eigenvalue weighted by Crippen LogP contribution is 2.12. The lowest BCUT2D eigenvalue weighted by atomic mass is 10.3. The Morgan fingerprint density at radius 3 is 2.64 bits per heavy atom. The molecule has 4 nitrogen and oxygen atoms in total. The normalized spacial score (nSPS) is 11.1. The Balaban J connectivity index is 2.60. The molecule has 0 saturated carbocycles. The Bertz CT molecular complexity index is 331. The fraction of sp³-hybridized carbons (Fsp3) is 0.111. The smallest absolute Gasteiger partial charge is 0.194 e. The molecule has 0 amide bonds. The van der Waals surface area contributed by atoms with Crippen LogP contribution in [0, 0.1) is 0 Å². The molecule has 0 aliphatic rings. The van der Waals surface area contributed by atoms with Crippen LogP contribution in [0.25, 0.3) is 0 Å². The number of guanidine groups is 1. The number of halogens is 1. The molecule has 1 rings (SSSR count). The van der Waals surface area contributed by atoms with Crippen molar-refractivity contribution in [3.8, 4) is 0 Å². The molecule has 0 unspecified atom stereocenters. The van der Waals surface area contributed by atoms with E-state index >= 15 is 0 Å². The van der Waals surface area contributed by atoms with Gasteiger partial charge in [-0.05, 0) is 31.0 Å². The quantitative estimate of drug-likeness (QED) is 0.590. The number of anilines is 1. The fourth-order valence-corrected chi connectivity index (χ4v) is 0.973. The van der Waals surface area contributed by atoms with Crippen LogP contribution in [0.3, 0.4) is 0 Å². The van der Waals surface area contributed by atoms with Gasteiger partial charge < -0.3 is 11.1 Å². The molecule has 0 aliphatic heterocycles. The summed E-state index contributed by atoms with van der Waals surface area (Å²) in [6, 6.07) is 7.16. The Kier molecular flexibility index (Phi) is 3.94. The molecule has 0 spiro atoms. The predicted octanol–water partition coefficient (Wildman–Crippen LogP) is 1.72. The summed E-state index contributed by atoms with van der Waals surface area (Å²) in [6.45, 7) is 3.55. The van der Waals surface area contributed by atoms with Gasteiger partial charge in [-0.15, -0.1) is 0 Å². The summed E-state index contributed by atoms with van der Waals surface area (Å²) in [6.07, 6.45) is 0. The molecule has 5 heteroatoms. The van der Waals surface area contributed by atoms with E-state index in [9.17, 15) is 0 Å². The van der Waals surface area contributed by atoms with Crippen molar-refractivity contribution in [1.82, 2.24) is 0 Å². The number of aliphatic imine (C=N–C) groups is 2. The predicted molar refractivity (Wildman–Crippen MR) is 61.1 cm³/mol. The lowest BCUT2D eigenvalue weighted by Crippen LogP contribution is -2.22. The monoisotopic (exact) mass is 210 g/mol. The van der Waals surface area contributed by atoms with E-state index in [1.807, 2.05) is 12.1 Å². The SMILES string of the molecule is C=NCN=C(N)Nc1ccc(Cl)cc1. The maximum atomic E-state index is 5.72. The van der Waals surface area contributed by atoms with Crippen LogP contribution >= 0.6 is 11.6 Å². The number of hydrogen-bond donors (Lipinski definition) is 2. The molecule has 0 bridgehead atoms. The molecule has 74 valence electrons. The number of rotatable bonds is 3. The van der Waals surface area contributed by atoms with Gasteiger partial charge in [-0.1, -0.05) is 11.6 Å². The first-order chi connectivity index (χ1) is 6.72. The molecular formula is C9H11ClN4. The molecular weight excluding hydrogens is 200 g/mol. The zero-order valence-electron chi connectivity index (χ0n) is 7.57. The third-order valence-electron chi connectivity index (χ3n) is 1.46. The highest BCUT2D eigenvalue weighted by atomic mass is 35.5. The maximum Gasteiger partial charge on any atom is 0.194 e. The minimum Gasteiger partial charge on any atom is -0.370 e. The standard InChI is InChI=1S/C9H11ClN4/c1-12-6-13-9(11)14-8-4-2-7(10)3-5-8/h2-5H,1,6H2,(H3,11,13,14). The van der Waals surface area contributed by atoms with E-state index in [1.165, 1.54) is 0 Å². The number of nitrogens with one attached hydrogen (secondary N) is 1. The Hall–Kier alpha value is -1.55. The van der Waals surface area contributed by atoms with Crippen LogP contribution in [0.1, 0.15) is 0 Å². The van der Waals surface area contributed by atoms with Crippen LogP contribution in [-0.2, 0) is 0 Å². The molecule has 0 atom stereocenters. The van der Waals surface area contributed by atoms with E-state index in [4.69, 9.17) is 17.3 Å². The summed E-state index contributed by atoms with van der Waals surface area (Å²) in [5.41, 5.74) is 6.38. The van der Waals surface area contributed by atoms with Gasteiger partial charge in [0, 0.05) is 10.7 Å². The molecule has 3 N–H and O–H groups in total. The third kappa shape index (κ3) is 3.45. The molecule has 0 heterocycles. The summed E-state index contributed by atoms with van der Waals surface area (Å²) in [5.74, 6) is 0.305. The molecule has 0 radical (unpaired) electrons. The molecule has 1 aromatic carbocycles. The Morgan fingerprint density at radius 2 is 2.07 bits per heavy atom. The molecule has 0 aliphatic carbocycles. The van der Waals surface area contributed by atoms with Gasteiger partial charge in [-0.3, -0.25) is 4.99 Å². The van der Waals surface area contributed by atoms with E-state index < -0.39 is 0 Å². The van der Waals surface area contributed by atoms with Crippen LogP contribution in [0.15, 0.2) is 34.3 Å². The van der Waals surface area contributed by atoms with Crippen LogP contribution in [0.4, 0.5) is 5.69 Å². The molecule has 0 saturated heterocycles. The Morgan fingerprint density at radius 1 is 1.43 bits per heavy atom. The van der Waals surface area contributed by atoms with Crippen molar-refractivity contribution in [3.63, 3.8) is 0 Å². The maximum absolute atomic E-state index is 5.72. The summed E-state index contributed by atoms with van der Waals surface area (Å²) in [5, 5.41) is 3.56. The van der Waals surface area contributed by atoms with Crippen molar-refractivity contribution in [1.29, 1.82) is 0 Å². The van der Waals surface area contributed by atoms with Gasteiger partial charge in [0.15, 0.2) is 5.96 Å². The van der Waals surface area contributed by atoms with Gasteiger partial charge in [-0.25, -0.2) is 4.99 Å². The van der Waals surface area contributed by atoms with E-state index in [0.29, 0.717) is 11.0 Å². The lowest BCUT2D eigenvalue weighted by Gasteiger charge is -2.04. The van der Waals surface area contributed by atoms with E-state index in [1.54, 1.807) is 12.1 Å². The van der Waals surface area contributed by atoms with E-state index in [2.05, 4.69) is 22.0 Å². The van der Waals surface area contributed by atoms with Crippen molar-refractivity contribution in [3.05, 3.63) is 29.3 Å². The third-order valence-corrected chi connectivity index (χ3v) is 1.71. The van der Waals surface area contributed by atoms with Gasteiger partial charge in [0.25, 0.3) is 0 Å². The average molecular weight is 211 g/mol. The summed E-state index contributed by atoms with van der Waals surface area (Å²) < 4.78 is 0. The van der Waals surface area contributed by atoms with Crippen LogP contribution in [0.5, 0.6) is 0 Å². The van der Waals surface area contributed by atoms with Crippen molar-refractivity contribution >= 4 is 30.0 Å². The average Bonchev–Trinajstić information content (AvgIpc) is 2.18. The first kappa shape index (κ1) is 10.5. The lowest BCUT2D eigenvalue weighted by molar-refractivity contribution is 1.07. The van der Waals surface area contributed by atoms with E-state index in [-0.39, 0.29) is 6.67 Å². The van der Waals surface area contributed by atoms with Crippen molar-refractivity contribution in [2.24, 2.45) is 15.7 Å². The van der Waals surface area contributed by atoms with Crippen molar-refractivity contribution in [2.45, 2.75) is 0 Å². The second-order valence-electron chi connectivity index (χ2n) is 2.54. The zero-order valence-corrected chi connectivity index (χ0v) is 8.33. The van der Waals surface area contributed by atoms with Gasteiger partial charge >= 0.3 is 0 Å². The number of nitrogens with two attached hydrogens (primary N) is 1. The second kappa shape index (κ2) is 5.24. The van der Waals surface area contributed by atoms with Crippen molar-refractivity contribution in [2.75, 3.05) is 12.0 Å². The number of nitrogens with zero attached hydrogens (tertiary/aromatic N) is 2. The summed E-state index contributed by atoms with van der Waals surface area (Å²) in [7, 11) is 0. The van der Waals surface area contributed by atoms with Crippen LogP contribution < -0.4 is 11.1 Å². The highest BCUT2D eigenvalue weighted by molar-refractivity contribution is 6.30. The Labute approximate surface area is 87.5 Å². The first-order valence-electron chi connectivity index (χ1n) is 3.97. The summed E-state index contributed by atoms with van der Waals surface area (Å²) in [4.78, 5) is 7.43. The zero-order chi connectivity index (χ0) is 10.4. The van der Waals surface area contributed by atoms with Gasteiger partial charge in [0.1, 0.15) is 6.67 Å². The number of benzene rings is 1. The van der Waals surface area contributed by atoms with Crippen LogP contribution in [0.2, 0.25) is 5.02 Å². The first-order valence-corrected chi connectivity index (χ1v) is 4.35. The van der Waals surface area contributed by atoms with E-state index in [0.717, 1.165) is 5.69 Å². The second-order valence-corrected chi connectivity index (χ2v) is 2.98. The molecule has 14 heavy (non-hydrogen) atoms. The highest BCUT2D eigenvalue weighted by Gasteiger charge is 1.93. The summed E-state index contributed by atoms with van der Waals surface area (Å²) >= 11 is 5.72.